The van der Waals surface area contributed by atoms with Crippen LogP contribution in [0.3, 0.4) is 0 Å². The highest BCUT2D eigenvalue weighted by Gasteiger charge is 2.22. The molecule has 2 rings (SSSR count). The summed E-state index contributed by atoms with van der Waals surface area (Å²) in [5, 5.41) is 0.545. The lowest BCUT2D eigenvalue weighted by molar-refractivity contribution is 0.467. The minimum absolute atomic E-state index is 0.189. The topological polar surface area (TPSA) is 63.4 Å². The summed E-state index contributed by atoms with van der Waals surface area (Å²) in [4.78, 5) is 0.189. The number of sulfonamides is 1. The fraction of sp³-hybridized carbons (Fsp3) is 0.200. The number of benzene rings is 2. The molecule has 0 aliphatic rings. The highest BCUT2D eigenvalue weighted by atomic mass is 35.5. The van der Waals surface area contributed by atoms with Crippen molar-refractivity contribution < 1.29 is 8.42 Å². The van der Waals surface area contributed by atoms with Crippen LogP contribution in [-0.2, 0) is 16.6 Å². The molecule has 0 aliphatic heterocycles. The molecule has 0 bridgehead atoms. The van der Waals surface area contributed by atoms with Crippen molar-refractivity contribution in [3.05, 3.63) is 58.6 Å². The van der Waals surface area contributed by atoms with Gasteiger partial charge in [0.2, 0.25) is 10.0 Å². The summed E-state index contributed by atoms with van der Waals surface area (Å²) in [6.45, 7) is 2.01. The molecule has 0 saturated heterocycles. The van der Waals surface area contributed by atoms with Gasteiger partial charge in [0.15, 0.2) is 0 Å². The van der Waals surface area contributed by atoms with Gasteiger partial charge in [0.25, 0.3) is 0 Å². The van der Waals surface area contributed by atoms with Crippen LogP contribution in [0.25, 0.3) is 0 Å². The standard InChI is InChI=1S/C15H17ClN2O2S/c1-11-7-13(17)9-14(8-11)21(19,20)18(2)10-12-5-3-4-6-15(12)16/h3-9H,10,17H2,1-2H3. The molecule has 0 fully saturated rings. The maximum atomic E-state index is 12.6. The lowest BCUT2D eigenvalue weighted by Crippen LogP contribution is -2.26. The molecule has 0 unspecified atom stereocenters. The van der Waals surface area contributed by atoms with Gasteiger partial charge < -0.3 is 5.73 Å². The zero-order chi connectivity index (χ0) is 15.6. The number of nitrogens with zero attached hydrogens (tertiary/aromatic N) is 1. The number of nitrogens with two attached hydrogens (primary N) is 1. The summed E-state index contributed by atoms with van der Waals surface area (Å²) in [5.41, 5.74) is 7.72. The maximum absolute atomic E-state index is 12.6. The van der Waals surface area contributed by atoms with E-state index in [1.54, 1.807) is 24.3 Å². The molecular weight excluding hydrogens is 308 g/mol. The van der Waals surface area contributed by atoms with E-state index in [-0.39, 0.29) is 11.4 Å². The van der Waals surface area contributed by atoms with Gasteiger partial charge in [-0.1, -0.05) is 29.8 Å². The second-order valence-electron chi connectivity index (χ2n) is 4.93. The molecule has 2 aromatic carbocycles. The first-order valence-electron chi connectivity index (χ1n) is 6.37. The van der Waals surface area contributed by atoms with Crippen molar-refractivity contribution in [2.75, 3.05) is 12.8 Å². The van der Waals surface area contributed by atoms with Gasteiger partial charge >= 0.3 is 0 Å². The predicted molar refractivity (Wildman–Crippen MR) is 85.7 cm³/mol. The Morgan fingerprint density at radius 3 is 2.48 bits per heavy atom. The van der Waals surface area contributed by atoms with Gasteiger partial charge in [0.1, 0.15) is 0 Å². The highest BCUT2D eigenvalue weighted by molar-refractivity contribution is 7.89. The largest absolute Gasteiger partial charge is 0.399 e. The molecule has 0 heterocycles. The zero-order valence-corrected chi connectivity index (χ0v) is 13.4. The Hall–Kier alpha value is -1.56. The lowest BCUT2D eigenvalue weighted by atomic mass is 10.2. The number of halogens is 1. The Labute approximate surface area is 130 Å². The van der Waals surface area contributed by atoms with Gasteiger partial charge in [-0.2, -0.15) is 4.31 Å². The van der Waals surface area contributed by atoms with E-state index >= 15 is 0 Å². The normalized spacial score (nSPS) is 11.8. The molecule has 2 aromatic rings. The van der Waals surface area contributed by atoms with Crippen molar-refractivity contribution in [3.8, 4) is 0 Å². The molecule has 21 heavy (non-hydrogen) atoms. The molecular formula is C15H17ClN2O2S. The molecule has 0 atom stereocenters. The predicted octanol–water partition coefficient (Wildman–Crippen LogP) is 3.05. The zero-order valence-electron chi connectivity index (χ0n) is 11.9. The van der Waals surface area contributed by atoms with Crippen LogP contribution in [0.5, 0.6) is 0 Å². The maximum Gasteiger partial charge on any atom is 0.243 e. The Kier molecular flexibility index (Phi) is 4.56. The number of hydrogen-bond acceptors (Lipinski definition) is 3. The van der Waals surface area contributed by atoms with Crippen LogP contribution in [0.2, 0.25) is 5.02 Å². The third kappa shape index (κ3) is 3.56. The average molecular weight is 325 g/mol. The minimum atomic E-state index is -3.60. The summed E-state index contributed by atoms with van der Waals surface area (Å²) in [6, 6.07) is 12.0. The first-order chi connectivity index (χ1) is 9.80. The Balaban J connectivity index is 2.33. The summed E-state index contributed by atoms with van der Waals surface area (Å²) in [7, 11) is -2.08. The van der Waals surface area contributed by atoms with Gasteiger partial charge in [-0.05, 0) is 42.3 Å². The van der Waals surface area contributed by atoms with Gasteiger partial charge in [0, 0.05) is 24.3 Å². The first-order valence-corrected chi connectivity index (χ1v) is 8.19. The molecule has 0 aliphatic carbocycles. The third-order valence-electron chi connectivity index (χ3n) is 3.13. The van der Waals surface area contributed by atoms with Gasteiger partial charge in [-0.15, -0.1) is 0 Å². The molecule has 0 amide bonds. The summed E-state index contributed by atoms with van der Waals surface area (Å²) >= 11 is 6.07. The van der Waals surface area contributed by atoms with Crippen LogP contribution in [0.15, 0.2) is 47.4 Å². The second-order valence-corrected chi connectivity index (χ2v) is 7.38. The average Bonchev–Trinajstić information content (AvgIpc) is 2.40. The number of aryl methyl sites for hydroxylation is 1. The summed E-state index contributed by atoms with van der Waals surface area (Å²) in [5.74, 6) is 0. The molecule has 0 radical (unpaired) electrons. The van der Waals surface area contributed by atoms with Crippen LogP contribution in [-0.4, -0.2) is 19.8 Å². The first kappa shape index (κ1) is 15.8. The fourth-order valence-electron chi connectivity index (χ4n) is 2.06. The molecule has 0 saturated carbocycles. The van der Waals surface area contributed by atoms with Crippen LogP contribution < -0.4 is 5.73 Å². The number of nitrogen functional groups attached to an aromatic ring is 1. The van der Waals surface area contributed by atoms with Crippen molar-refractivity contribution >= 4 is 27.3 Å². The number of anilines is 1. The monoisotopic (exact) mass is 324 g/mol. The smallest absolute Gasteiger partial charge is 0.243 e. The number of rotatable bonds is 4. The van der Waals surface area contributed by atoms with Gasteiger partial charge in [-0.25, -0.2) is 8.42 Å². The Bertz CT molecular complexity index is 740. The van der Waals surface area contributed by atoms with Crippen molar-refractivity contribution in [2.45, 2.75) is 18.4 Å². The second kappa shape index (κ2) is 6.05. The Morgan fingerprint density at radius 1 is 1.19 bits per heavy atom. The molecule has 2 N–H and O–H groups in total. The molecule has 6 heteroatoms. The van der Waals surface area contributed by atoms with Crippen LogP contribution in [0.4, 0.5) is 5.69 Å². The van der Waals surface area contributed by atoms with Crippen molar-refractivity contribution in [2.24, 2.45) is 0 Å². The highest BCUT2D eigenvalue weighted by Crippen LogP contribution is 2.23. The lowest BCUT2D eigenvalue weighted by Gasteiger charge is -2.18. The van der Waals surface area contributed by atoms with E-state index in [9.17, 15) is 8.42 Å². The third-order valence-corrected chi connectivity index (χ3v) is 5.28. The SMILES string of the molecule is Cc1cc(N)cc(S(=O)(=O)N(C)Cc2ccccc2Cl)c1. The van der Waals surface area contributed by atoms with Crippen LogP contribution >= 0.6 is 11.6 Å². The quantitative estimate of drug-likeness (QED) is 0.879. The van der Waals surface area contributed by atoms with Gasteiger partial charge in [0.05, 0.1) is 4.90 Å². The minimum Gasteiger partial charge on any atom is -0.399 e. The Morgan fingerprint density at radius 2 is 1.86 bits per heavy atom. The van der Waals surface area contributed by atoms with Crippen molar-refractivity contribution in [1.29, 1.82) is 0 Å². The molecule has 4 nitrogen and oxygen atoms in total. The fourth-order valence-corrected chi connectivity index (χ4v) is 3.54. The summed E-state index contributed by atoms with van der Waals surface area (Å²) < 4.78 is 26.4. The van der Waals surface area contributed by atoms with E-state index in [0.717, 1.165) is 11.1 Å². The molecule has 0 spiro atoms. The molecule has 0 aromatic heterocycles. The summed E-state index contributed by atoms with van der Waals surface area (Å²) in [6.07, 6.45) is 0. The van der Waals surface area contributed by atoms with Gasteiger partial charge in [-0.3, -0.25) is 0 Å². The van der Waals surface area contributed by atoms with Crippen LogP contribution in [0, 0.1) is 6.92 Å². The van der Waals surface area contributed by atoms with E-state index in [1.165, 1.54) is 17.4 Å². The number of hydrogen-bond donors (Lipinski definition) is 1. The van der Waals surface area contributed by atoms with E-state index < -0.39 is 10.0 Å². The van der Waals surface area contributed by atoms with E-state index in [0.29, 0.717) is 10.7 Å². The molecule has 112 valence electrons. The van der Waals surface area contributed by atoms with E-state index in [1.807, 2.05) is 19.1 Å². The van der Waals surface area contributed by atoms with Crippen molar-refractivity contribution in [3.63, 3.8) is 0 Å². The van der Waals surface area contributed by atoms with Crippen molar-refractivity contribution in [1.82, 2.24) is 4.31 Å². The van der Waals surface area contributed by atoms with E-state index in [2.05, 4.69) is 0 Å². The van der Waals surface area contributed by atoms with Crippen LogP contribution in [0.1, 0.15) is 11.1 Å². The van der Waals surface area contributed by atoms with E-state index in [4.69, 9.17) is 17.3 Å².